The highest BCUT2D eigenvalue weighted by Gasteiger charge is 2.28. The SMILES string of the molecule is CC1(CNC(=O)NC(CCC(=O)O)C(=O)O)CCCCC1. The van der Waals surface area contributed by atoms with Gasteiger partial charge in [-0.2, -0.15) is 0 Å². The summed E-state index contributed by atoms with van der Waals surface area (Å²) in [6.07, 6.45) is 5.19. The third-order valence-corrected chi connectivity index (χ3v) is 3.99. The minimum absolute atomic E-state index is 0.0649. The Bertz CT molecular complexity index is 391. The van der Waals surface area contributed by atoms with Gasteiger partial charge in [-0.15, -0.1) is 0 Å². The number of urea groups is 1. The average molecular weight is 300 g/mol. The monoisotopic (exact) mass is 300 g/mol. The van der Waals surface area contributed by atoms with Crippen LogP contribution in [0.2, 0.25) is 0 Å². The number of amides is 2. The molecule has 1 aliphatic carbocycles. The first kappa shape index (κ1) is 17.3. The topological polar surface area (TPSA) is 116 Å². The highest BCUT2D eigenvalue weighted by atomic mass is 16.4. The molecule has 4 N–H and O–H groups in total. The zero-order valence-corrected chi connectivity index (χ0v) is 12.4. The largest absolute Gasteiger partial charge is 0.481 e. The molecule has 120 valence electrons. The summed E-state index contributed by atoms with van der Waals surface area (Å²) in [5.41, 5.74) is 0.0649. The van der Waals surface area contributed by atoms with Crippen molar-refractivity contribution >= 4 is 18.0 Å². The lowest BCUT2D eigenvalue weighted by Crippen LogP contribution is -2.48. The van der Waals surface area contributed by atoms with E-state index in [9.17, 15) is 14.4 Å². The molecule has 7 heteroatoms. The quantitative estimate of drug-likeness (QED) is 0.569. The second kappa shape index (κ2) is 7.85. The Hall–Kier alpha value is -1.79. The molecule has 1 aliphatic rings. The standard InChI is InChI=1S/C14H24N2O5/c1-14(7-3-2-4-8-14)9-15-13(21)16-10(12(19)20)5-6-11(17)18/h10H,2-9H2,1H3,(H,17,18)(H,19,20)(H2,15,16,21). The normalized spacial score (nSPS) is 18.5. The molecular formula is C14H24N2O5. The molecule has 0 aromatic heterocycles. The summed E-state index contributed by atoms with van der Waals surface area (Å²) < 4.78 is 0. The molecule has 0 spiro atoms. The van der Waals surface area contributed by atoms with Gasteiger partial charge >= 0.3 is 18.0 Å². The van der Waals surface area contributed by atoms with Crippen LogP contribution in [0.15, 0.2) is 0 Å². The van der Waals surface area contributed by atoms with Crippen LogP contribution in [0.1, 0.15) is 51.9 Å². The summed E-state index contributed by atoms with van der Waals surface area (Å²) in [4.78, 5) is 33.2. The summed E-state index contributed by atoms with van der Waals surface area (Å²) >= 11 is 0. The van der Waals surface area contributed by atoms with Crippen LogP contribution in [0.4, 0.5) is 4.79 Å². The predicted molar refractivity (Wildman–Crippen MR) is 76.0 cm³/mol. The Kier molecular flexibility index (Phi) is 6.45. The molecule has 0 radical (unpaired) electrons. The van der Waals surface area contributed by atoms with E-state index in [2.05, 4.69) is 17.6 Å². The zero-order valence-electron chi connectivity index (χ0n) is 12.4. The van der Waals surface area contributed by atoms with Gasteiger partial charge in [0, 0.05) is 13.0 Å². The second-order valence-electron chi connectivity index (χ2n) is 6.02. The molecule has 0 heterocycles. The van der Waals surface area contributed by atoms with Gasteiger partial charge < -0.3 is 20.8 Å². The van der Waals surface area contributed by atoms with Crippen molar-refractivity contribution in [2.24, 2.45) is 5.41 Å². The predicted octanol–water partition coefficient (Wildman–Crippen LogP) is 1.57. The first-order valence-electron chi connectivity index (χ1n) is 7.31. The molecule has 7 nitrogen and oxygen atoms in total. The first-order valence-corrected chi connectivity index (χ1v) is 7.31. The van der Waals surface area contributed by atoms with Crippen LogP contribution in [0.5, 0.6) is 0 Å². The van der Waals surface area contributed by atoms with E-state index in [1.807, 2.05) is 0 Å². The van der Waals surface area contributed by atoms with E-state index in [1.165, 1.54) is 6.42 Å². The Morgan fingerprint density at radius 2 is 1.76 bits per heavy atom. The van der Waals surface area contributed by atoms with Crippen LogP contribution in [0, 0.1) is 5.41 Å². The Morgan fingerprint density at radius 1 is 1.14 bits per heavy atom. The van der Waals surface area contributed by atoms with Crippen molar-refractivity contribution in [3.8, 4) is 0 Å². The van der Waals surface area contributed by atoms with Gasteiger partial charge in [0.25, 0.3) is 0 Å². The van der Waals surface area contributed by atoms with Crippen LogP contribution < -0.4 is 10.6 Å². The number of carboxylic acids is 2. The molecule has 0 saturated heterocycles. The van der Waals surface area contributed by atoms with Crippen molar-refractivity contribution in [2.75, 3.05) is 6.54 Å². The van der Waals surface area contributed by atoms with E-state index in [4.69, 9.17) is 10.2 Å². The number of carboxylic acid groups (broad SMARTS) is 2. The zero-order chi connectivity index (χ0) is 15.9. The van der Waals surface area contributed by atoms with Crippen LogP contribution in [-0.2, 0) is 9.59 Å². The van der Waals surface area contributed by atoms with Crippen molar-refractivity contribution < 1.29 is 24.6 Å². The van der Waals surface area contributed by atoms with Gasteiger partial charge in [-0.25, -0.2) is 9.59 Å². The molecule has 2 amide bonds. The molecule has 1 saturated carbocycles. The number of rotatable bonds is 7. The van der Waals surface area contributed by atoms with Crippen molar-refractivity contribution in [1.82, 2.24) is 10.6 Å². The van der Waals surface area contributed by atoms with Crippen LogP contribution in [0.3, 0.4) is 0 Å². The molecular weight excluding hydrogens is 276 g/mol. The van der Waals surface area contributed by atoms with E-state index in [0.717, 1.165) is 25.7 Å². The third-order valence-electron chi connectivity index (χ3n) is 3.99. The van der Waals surface area contributed by atoms with Gasteiger partial charge in [-0.1, -0.05) is 26.2 Å². The highest BCUT2D eigenvalue weighted by molar-refractivity contribution is 5.83. The molecule has 1 atom stereocenters. The summed E-state index contributed by atoms with van der Waals surface area (Å²) in [6, 6.07) is -1.74. The fourth-order valence-electron chi connectivity index (χ4n) is 2.61. The fourth-order valence-corrected chi connectivity index (χ4v) is 2.61. The highest BCUT2D eigenvalue weighted by Crippen LogP contribution is 2.34. The van der Waals surface area contributed by atoms with Gasteiger partial charge in [0.05, 0.1) is 0 Å². The molecule has 1 fully saturated rings. The van der Waals surface area contributed by atoms with Gasteiger partial charge in [-0.05, 0) is 24.7 Å². The minimum atomic E-state index is -1.23. The van der Waals surface area contributed by atoms with Crippen LogP contribution in [0.25, 0.3) is 0 Å². The lowest BCUT2D eigenvalue weighted by atomic mass is 9.76. The van der Waals surface area contributed by atoms with Crippen molar-refractivity contribution in [1.29, 1.82) is 0 Å². The van der Waals surface area contributed by atoms with Crippen molar-refractivity contribution in [2.45, 2.75) is 57.9 Å². The van der Waals surface area contributed by atoms with Crippen LogP contribution >= 0.6 is 0 Å². The maximum Gasteiger partial charge on any atom is 0.326 e. The number of nitrogens with one attached hydrogen (secondary N) is 2. The maximum absolute atomic E-state index is 11.8. The summed E-state index contributed by atoms with van der Waals surface area (Å²) in [5, 5.41) is 22.6. The van der Waals surface area contributed by atoms with E-state index in [-0.39, 0.29) is 18.3 Å². The number of hydrogen-bond donors (Lipinski definition) is 4. The number of aliphatic carboxylic acids is 2. The minimum Gasteiger partial charge on any atom is -0.481 e. The number of carbonyl (C=O) groups excluding carboxylic acids is 1. The maximum atomic E-state index is 11.8. The molecule has 0 bridgehead atoms. The summed E-state index contributed by atoms with van der Waals surface area (Å²) in [6.45, 7) is 2.62. The number of carbonyl (C=O) groups is 3. The van der Waals surface area contributed by atoms with E-state index in [1.54, 1.807) is 0 Å². The molecule has 1 rings (SSSR count). The van der Waals surface area contributed by atoms with Crippen molar-refractivity contribution in [3.05, 3.63) is 0 Å². The second-order valence-corrected chi connectivity index (χ2v) is 6.02. The van der Waals surface area contributed by atoms with Gasteiger partial charge in [-0.3, -0.25) is 4.79 Å². The smallest absolute Gasteiger partial charge is 0.326 e. The fraction of sp³-hybridized carbons (Fsp3) is 0.786. The lowest BCUT2D eigenvalue weighted by Gasteiger charge is -2.33. The summed E-state index contributed by atoms with van der Waals surface area (Å²) in [7, 11) is 0. The molecule has 0 aromatic rings. The molecule has 0 aromatic carbocycles. The summed E-state index contributed by atoms with van der Waals surface area (Å²) in [5.74, 6) is -2.31. The van der Waals surface area contributed by atoms with E-state index < -0.39 is 24.0 Å². The molecule has 1 unspecified atom stereocenters. The van der Waals surface area contributed by atoms with Crippen LogP contribution in [-0.4, -0.2) is 40.8 Å². The van der Waals surface area contributed by atoms with E-state index in [0.29, 0.717) is 6.54 Å². The van der Waals surface area contributed by atoms with Gasteiger partial charge in [0.2, 0.25) is 0 Å². The van der Waals surface area contributed by atoms with Gasteiger partial charge in [0.1, 0.15) is 6.04 Å². The Labute approximate surface area is 124 Å². The lowest BCUT2D eigenvalue weighted by molar-refractivity contribution is -0.140. The molecule has 21 heavy (non-hydrogen) atoms. The van der Waals surface area contributed by atoms with Gasteiger partial charge in [0.15, 0.2) is 0 Å². The Balaban J connectivity index is 2.39. The average Bonchev–Trinajstić information content (AvgIpc) is 2.41. The number of hydrogen-bond acceptors (Lipinski definition) is 3. The van der Waals surface area contributed by atoms with Crippen molar-refractivity contribution in [3.63, 3.8) is 0 Å². The van der Waals surface area contributed by atoms with E-state index >= 15 is 0 Å². The first-order chi connectivity index (χ1) is 9.82. The Morgan fingerprint density at radius 3 is 2.29 bits per heavy atom. The third kappa shape index (κ3) is 6.46. The molecule has 0 aliphatic heterocycles.